The number of hydrogen-bond acceptors (Lipinski definition) is 7. The summed E-state index contributed by atoms with van der Waals surface area (Å²) in [5, 5.41) is 10.3. The van der Waals surface area contributed by atoms with Crippen molar-refractivity contribution in [1.29, 1.82) is 0 Å². The molecule has 0 saturated carbocycles. The van der Waals surface area contributed by atoms with Gasteiger partial charge in [0.2, 0.25) is 5.79 Å². The van der Waals surface area contributed by atoms with Crippen molar-refractivity contribution in [3.05, 3.63) is 52.6 Å². The minimum Gasteiger partial charge on any atom is -0.507 e. The SMILES string of the molecule is O=C1CC[C@]23Oc4ccc(O)c5c4[C@](Oc4cccc1c42)(O3)[C@@H]1O[C@@H]1C5=O. The van der Waals surface area contributed by atoms with Gasteiger partial charge in [0, 0.05) is 18.4 Å². The molecule has 1 fully saturated rings. The predicted molar refractivity (Wildman–Crippen MR) is 86.8 cm³/mol. The van der Waals surface area contributed by atoms with Gasteiger partial charge in [0.05, 0.1) is 16.7 Å². The molecule has 2 spiro atoms. The largest absolute Gasteiger partial charge is 0.507 e. The highest BCUT2D eigenvalue weighted by molar-refractivity contribution is 6.07. The topological polar surface area (TPSA) is 94.6 Å². The fraction of sp³-hybridized carbons (Fsp3) is 0.300. The molecular weight excluding hydrogens is 352 g/mol. The average Bonchev–Trinajstić information content (AvgIpc) is 3.46. The second kappa shape index (κ2) is 4.00. The van der Waals surface area contributed by atoms with Gasteiger partial charge in [0.25, 0.3) is 5.79 Å². The first-order valence-corrected chi connectivity index (χ1v) is 8.85. The molecule has 4 atom stereocenters. The van der Waals surface area contributed by atoms with Gasteiger partial charge in [-0.1, -0.05) is 12.1 Å². The van der Waals surface area contributed by atoms with Crippen LogP contribution in [0.15, 0.2) is 30.3 Å². The van der Waals surface area contributed by atoms with Crippen molar-refractivity contribution in [3.63, 3.8) is 0 Å². The van der Waals surface area contributed by atoms with Gasteiger partial charge in [0.1, 0.15) is 17.2 Å². The van der Waals surface area contributed by atoms with Gasteiger partial charge >= 0.3 is 0 Å². The van der Waals surface area contributed by atoms with E-state index in [1.165, 1.54) is 6.07 Å². The van der Waals surface area contributed by atoms with Gasteiger partial charge in [-0.15, -0.1) is 0 Å². The summed E-state index contributed by atoms with van der Waals surface area (Å²) in [5.41, 5.74) is 1.59. The number of phenols is 1. The quantitative estimate of drug-likeness (QED) is 0.716. The Bertz CT molecular complexity index is 1120. The molecule has 0 amide bonds. The number of ether oxygens (including phenoxy) is 4. The van der Waals surface area contributed by atoms with E-state index in [-0.39, 0.29) is 29.3 Å². The number of Topliss-reactive ketones (excluding diaryl/α,β-unsaturated/α-hetero) is 2. The molecule has 3 heterocycles. The number of fused-ring (bicyclic) bond motifs is 1. The molecule has 7 nitrogen and oxygen atoms in total. The number of hydrogen-bond donors (Lipinski definition) is 1. The normalized spacial score (nSPS) is 36.0. The number of phenolic OH excluding ortho intramolecular Hbond substituents is 1. The minimum atomic E-state index is -1.38. The third-order valence-electron chi connectivity index (χ3n) is 6.11. The zero-order valence-corrected chi connectivity index (χ0v) is 13.9. The first-order chi connectivity index (χ1) is 13.0. The second-order valence-electron chi connectivity index (χ2n) is 7.50. The molecule has 5 aliphatic rings. The number of carbonyl (C=O) groups is 2. The molecule has 1 saturated heterocycles. The van der Waals surface area contributed by atoms with E-state index in [1.54, 1.807) is 24.3 Å². The minimum absolute atomic E-state index is 0.0146. The highest BCUT2D eigenvalue weighted by Gasteiger charge is 2.74. The fourth-order valence-electron chi connectivity index (χ4n) is 4.97. The van der Waals surface area contributed by atoms with Gasteiger partial charge in [-0.25, -0.2) is 0 Å². The number of benzene rings is 2. The van der Waals surface area contributed by atoms with E-state index >= 15 is 0 Å². The third-order valence-corrected chi connectivity index (χ3v) is 6.11. The van der Waals surface area contributed by atoms with Crippen LogP contribution in [-0.4, -0.2) is 28.9 Å². The summed E-state index contributed by atoms with van der Waals surface area (Å²) in [5.74, 6) is -2.12. The molecule has 7 rings (SSSR count). The van der Waals surface area contributed by atoms with Crippen molar-refractivity contribution in [3.8, 4) is 17.2 Å². The second-order valence-corrected chi connectivity index (χ2v) is 7.50. The Morgan fingerprint density at radius 3 is 2.78 bits per heavy atom. The molecule has 134 valence electrons. The van der Waals surface area contributed by atoms with Gasteiger partial charge < -0.3 is 19.3 Å². The maximum Gasteiger partial charge on any atom is 0.274 e. The lowest BCUT2D eigenvalue weighted by atomic mass is 9.78. The average molecular weight is 364 g/mol. The Morgan fingerprint density at radius 1 is 1.04 bits per heavy atom. The molecule has 0 aromatic heterocycles. The summed E-state index contributed by atoms with van der Waals surface area (Å²) < 4.78 is 24.7. The number of carbonyl (C=O) groups excluding carboxylic acids is 2. The van der Waals surface area contributed by atoms with E-state index in [1.807, 2.05) is 0 Å². The van der Waals surface area contributed by atoms with Crippen molar-refractivity contribution >= 4 is 11.6 Å². The summed E-state index contributed by atoms with van der Waals surface area (Å²) in [6.45, 7) is 0. The van der Waals surface area contributed by atoms with Crippen LogP contribution in [0.3, 0.4) is 0 Å². The lowest BCUT2D eigenvalue weighted by molar-refractivity contribution is -0.366. The highest BCUT2D eigenvalue weighted by atomic mass is 16.8. The van der Waals surface area contributed by atoms with E-state index in [2.05, 4.69) is 0 Å². The Kier molecular flexibility index (Phi) is 2.10. The molecule has 2 aliphatic carbocycles. The lowest BCUT2D eigenvalue weighted by Crippen LogP contribution is -2.61. The van der Waals surface area contributed by atoms with Crippen LogP contribution in [0.1, 0.15) is 44.7 Å². The molecule has 0 unspecified atom stereocenters. The summed E-state index contributed by atoms with van der Waals surface area (Å²) in [4.78, 5) is 25.1. The highest BCUT2D eigenvalue weighted by Crippen LogP contribution is 2.64. The smallest absolute Gasteiger partial charge is 0.274 e. The summed E-state index contributed by atoms with van der Waals surface area (Å²) in [6.07, 6.45) is -0.722. The standard InChI is InChI=1S/C20H12O7/c21-9-6-7-19-14-8(9)2-1-3-11(14)26-20(27-19)15-12(25-19)5-4-10(22)13(15)16(23)17-18(20)24-17/h1-5,17-18,22H,6-7H2/t17-,18-,19-,20+/m1/s1. The van der Waals surface area contributed by atoms with E-state index in [9.17, 15) is 14.7 Å². The molecule has 2 bridgehead atoms. The summed E-state index contributed by atoms with van der Waals surface area (Å²) in [6, 6.07) is 8.31. The Labute approximate surface area is 152 Å². The van der Waals surface area contributed by atoms with Gasteiger partial charge in [0.15, 0.2) is 23.8 Å². The molecule has 27 heavy (non-hydrogen) atoms. The molecule has 7 heteroatoms. The zero-order valence-electron chi connectivity index (χ0n) is 13.9. The van der Waals surface area contributed by atoms with Crippen molar-refractivity contribution in [1.82, 2.24) is 0 Å². The fourth-order valence-corrected chi connectivity index (χ4v) is 4.97. The van der Waals surface area contributed by atoms with Crippen molar-refractivity contribution in [2.75, 3.05) is 0 Å². The van der Waals surface area contributed by atoms with Crippen molar-refractivity contribution in [2.45, 2.75) is 36.6 Å². The van der Waals surface area contributed by atoms with Crippen LogP contribution < -0.4 is 9.47 Å². The molecular formula is C20H12O7. The number of aromatic hydroxyl groups is 1. The molecule has 3 aliphatic heterocycles. The zero-order chi connectivity index (χ0) is 18.1. The van der Waals surface area contributed by atoms with E-state index in [0.29, 0.717) is 34.6 Å². The van der Waals surface area contributed by atoms with Crippen LogP contribution in [0.25, 0.3) is 0 Å². The number of rotatable bonds is 0. The first kappa shape index (κ1) is 14.2. The van der Waals surface area contributed by atoms with Crippen LogP contribution in [0.4, 0.5) is 0 Å². The maximum atomic E-state index is 12.7. The predicted octanol–water partition coefficient (Wildman–Crippen LogP) is 2.14. The van der Waals surface area contributed by atoms with Crippen LogP contribution in [-0.2, 0) is 21.0 Å². The van der Waals surface area contributed by atoms with Crippen LogP contribution in [0.2, 0.25) is 0 Å². The van der Waals surface area contributed by atoms with E-state index < -0.39 is 23.8 Å². The van der Waals surface area contributed by atoms with Gasteiger partial charge in [-0.05, 0) is 18.2 Å². The maximum absolute atomic E-state index is 12.7. The van der Waals surface area contributed by atoms with Crippen molar-refractivity contribution in [2.24, 2.45) is 0 Å². The summed E-state index contributed by atoms with van der Waals surface area (Å²) >= 11 is 0. The van der Waals surface area contributed by atoms with E-state index in [0.717, 1.165) is 0 Å². The third kappa shape index (κ3) is 1.39. The first-order valence-electron chi connectivity index (χ1n) is 8.85. The van der Waals surface area contributed by atoms with Crippen LogP contribution in [0.5, 0.6) is 17.2 Å². The number of epoxide rings is 1. The monoisotopic (exact) mass is 364 g/mol. The number of ketones is 2. The van der Waals surface area contributed by atoms with Gasteiger partial charge in [-0.3, -0.25) is 14.3 Å². The molecule has 2 aromatic rings. The van der Waals surface area contributed by atoms with Crippen LogP contribution >= 0.6 is 0 Å². The Morgan fingerprint density at radius 2 is 1.89 bits per heavy atom. The Balaban J connectivity index is 1.59. The molecule has 2 aromatic carbocycles. The molecule has 0 radical (unpaired) electrons. The Hall–Kier alpha value is -2.90. The van der Waals surface area contributed by atoms with Crippen LogP contribution in [0, 0.1) is 0 Å². The van der Waals surface area contributed by atoms with Crippen molar-refractivity contribution < 1.29 is 33.6 Å². The van der Waals surface area contributed by atoms with Gasteiger partial charge in [-0.2, -0.15) is 0 Å². The van der Waals surface area contributed by atoms with E-state index in [4.69, 9.17) is 18.9 Å². The summed E-state index contributed by atoms with van der Waals surface area (Å²) in [7, 11) is 0. The molecule has 1 N–H and O–H groups in total. The lowest BCUT2D eigenvalue weighted by Gasteiger charge is -2.54.